The molecule has 8 rings (SSSR count). The molecule has 1 fully saturated rings. The molecule has 3 aromatic carbocycles. The number of rotatable bonds is 49. The zero-order valence-electron chi connectivity index (χ0n) is 63.9. The maximum Gasteiger partial charge on any atom is 0.416 e. The Morgan fingerprint density at radius 2 is 1.18 bits per heavy atom. The lowest BCUT2D eigenvalue weighted by molar-refractivity contribution is -0.139. The molecular weight excluding hydrogens is 1420 g/mol. The van der Waals surface area contributed by atoms with Crippen molar-refractivity contribution >= 4 is 70.7 Å². The summed E-state index contributed by atoms with van der Waals surface area (Å²) in [7, 11) is 3.00. The van der Waals surface area contributed by atoms with Crippen LogP contribution in [0.4, 0.5) is 21.9 Å². The van der Waals surface area contributed by atoms with E-state index in [9.17, 15) is 48.6 Å². The first kappa shape index (κ1) is 85.8. The van der Waals surface area contributed by atoms with Crippen LogP contribution in [0.1, 0.15) is 127 Å². The van der Waals surface area contributed by atoms with E-state index in [1.54, 1.807) is 63.6 Å². The number of amides is 8. The summed E-state index contributed by atoms with van der Waals surface area (Å²) in [5.41, 5.74) is 4.29. The lowest BCUT2D eigenvalue weighted by Crippen LogP contribution is -2.53. The average molecular weight is 1530 g/mol. The van der Waals surface area contributed by atoms with Crippen LogP contribution in [-0.2, 0) is 78.0 Å². The van der Waals surface area contributed by atoms with Crippen LogP contribution < -0.4 is 45.1 Å². The number of nitrogens with zero attached hydrogens (tertiary/aromatic N) is 5. The third-order valence-corrected chi connectivity index (χ3v) is 18.5. The van der Waals surface area contributed by atoms with E-state index in [1.165, 1.54) is 36.0 Å². The molecule has 1 saturated heterocycles. The number of likely N-dealkylation sites (tertiary alicyclic amines) is 1. The van der Waals surface area contributed by atoms with Crippen molar-refractivity contribution < 1.29 is 110 Å². The minimum absolute atomic E-state index is 0.0129. The van der Waals surface area contributed by atoms with Gasteiger partial charge in [0.2, 0.25) is 35.4 Å². The quantitative estimate of drug-likeness (QED) is 0.0278. The van der Waals surface area contributed by atoms with Gasteiger partial charge in [0.1, 0.15) is 18.7 Å². The summed E-state index contributed by atoms with van der Waals surface area (Å²) in [6.07, 6.45) is 6.05. The maximum atomic E-state index is 14.3. The van der Waals surface area contributed by atoms with E-state index in [-0.39, 0.29) is 117 Å². The van der Waals surface area contributed by atoms with Gasteiger partial charge in [-0.25, -0.2) is 9.69 Å². The summed E-state index contributed by atoms with van der Waals surface area (Å²) in [4.78, 5) is 115. The number of aliphatic hydroxyl groups excluding tert-OH is 2. The highest BCUT2D eigenvalue weighted by molar-refractivity contribution is 6.07. The van der Waals surface area contributed by atoms with Gasteiger partial charge in [0.25, 0.3) is 5.91 Å². The van der Waals surface area contributed by atoms with Gasteiger partial charge in [-0.05, 0) is 95.0 Å². The topological polar surface area (TPSA) is 370 Å². The number of unbranched alkanes of at least 4 members (excludes halogenated alkanes) is 2. The summed E-state index contributed by atoms with van der Waals surface area (Å²) < 4.78 is 73.8. The molecule has 0 aromatic heterocycles. The Morgan fingerprint density at radius 3 is 1.76 bits per heavy atom. The normalized spacial score (nSPS) is 18.4. The van der Waals surface area contributed by atoms with Crippen LogP contribution in [-0.4, -0.2) is 255 Å². The second-order valence-electron chi connectivity index (χ2n) is 27.1. The Bertz CT molecular complexity index is 3590. The van der Waals surface area contributed by atoms with E-state index in [2.05, 4.69) is 26.3 Å². The Balaban J connectivity index is 0.642. The first-order valence-corrected chi connectivity index (χ1v) is 37.4. The highest BCUT2D eigenvalue weighted by Crippen LogP contribution is 2.44. The predicted octanol–water partition coefficient (Wildman–Crippen LogP) is 6.01. The maximum absolute atomic E-state index is 14.3. The lowest BCUT2D eigenvalue weighted by atomic mass is 10.0. The lowest BCUT2D eigenvalue weighted by Gasteiger charge is -2.31. The Hall–Kier alpha value is -8.83. The smallest absolute Gasteiger partial charge is 0.416 e. The number of ether oxygens (including phenoxy) is 13. The van der Waals surface area contributed by atoms with Crippen LogP contribution in [0, 0.1) is 11.8 Å². The highest BCUT2D eigenvalue weighted by atomic mass is 16.6. The summed E-state index contributed by atoms with van der Waals surface area (Å²) in [6, 6.07) is 10.2. The SMILES string of the molecule is CCC1CC(=O)N(CCC(=O)NCCOCCOCCOCCOCCOCCOCCOCCOCCC(=O)N[C@H](C(=O)N[C@@H](C)C(=O)Nc2ccc(COC(=O)N3c4cc(OCCCCCOc5cc6c(cc5OC)C(O)N5C=C(C)C[C@H]5C=N6)c(OC)cc4C(=O)N4C=C(C)C[C@H]4[C@@H]3O)cc2)C(C)C)C1=O. The number of aliphatic hydroxyl groups is 2. The van der Waals surface area contributed by atoms with E-state index >= 15 is 0 Å². The third kappa shape index (κ3) is 25.9. The zero-order chi connectivity index (χ0) is 78.2. The minimum atomic E-state index is -1.52. The molecule has 0 saturated carbocycles. The second-order valence-corrected chi connectivity index (χ2v) is 27.1. The number of aliphatic imine (C=N–C) groups is 1. The largest absolute Gasteiger partial charge is 0.493 e. The molecule has 0 radical (unpaired) electrons. The fourth-order valence-corrected chi connectivity index (χ4v) is 12.5. The molecule has 5 aliphatic rings. The Labute approximate surface area is 636 Å². The second kappa shape index (κ2) is 44.7. The first-order chi connectivity index (χ1) is 52.7. The highest BCUT2D eigenvalue weighted by Gasteiger charge is 2.46. The molecule has 8 amide bonds. The van der Waals surface area contributed by atoms with Crippen molar-refractivity contribution in [2.75, 3.05) is 156 Å². The Kier molecular flexibility index (Phi) is 35.2. The van der Waals surface area contributed by atoms with Crippen molar-refractivity contribution in [3.63, 3.8) is 0 Å². The molecule has 600 valence electrons. The Morgan fingerprint density at radius 1 is 0.615 bits per heavy atom. The number of hydrogen-bond acceptors (Lipinski definition) is 25. The van der Waals surface area contributed by atoms with E-state index in [0.29, 0.717) is 165 Å². The molecule has 5 aliphatic heterocycles. The van der Waals surface area contributed by atoms with Crippen LogP contribution in [0.3, 0.4) is 0 Å². The van der Waals surface area contributed by atoms with Gasteiger partial charge < -0.3 is 103 Å². The van der Waals surface area contributed by atoms with Gasteiger partial charge >= 0.3 is 6.09 Å². The number of benzene rings is 3. The third-order valence-electron chi connectivity index (χ3n) is 18.5. The molecular formula is C77H109N9O23. The molecule has 0 bridgehead atoms. The molecule has 6 N–H and O–H groups in total. The van der Waals surface area contributed by atoms with Crippen molar-refractivity contribution in [1.82, 2.24) is 30.7 Å². The summed E-state index contributed by atoms with van der Waals surface area (Å²) in [6.45, 7) is 17.0. The number of hydrogen-bond donors (Lipinski definition) is 6. The van der Waals surface area contributed by atoms with Gasteiger partial charge in [0.15, 0.2) is 35.5 Å². The van der Waals surface area contributed by atoms with Crippen LogP contribution in [0.15, 0.2) is 77.1 Å². The molecule has 32 heteroatoms. The average Bonchev–Trinajstić information content (AvgIpc) is 1.61. The number of imide groups is 1. The number of methoxy groups -OCH3 is 2. The van der Waals surface area contributed by atoms with Gasteiger partial charge in [0, 0.05) is 80.3 Å². The monoisotopic (exact) mass is 1530 g/mol. The number of fused-ring (bicyclic) bond motifs is 4. The number of carbonyl (C=O) groups excluding carboxylic acids is 8. The molecule has 32 nitrogen and oxygen atoms in total. The van der Waals surface area contributed by atoms with Gasteiger partial charge in [-0.1, -0.05) is 44.1 Å². The van der Waals surface area contributed by atoms with E-state index in [0.717, 1.165) is 22.5 Å². The van der Waals surface area contributed by atoms with Crippen LogP contribution in [0.5, 0.6) is 23.0 Å². The number of nitrogens with one attached hydrogen (secondary N) is 4. The van der Waals surface area contributed by atoms with Gasteiger partial charge in [-0.15, -0.1) is 0 Å². The minimum Gasteiger partial charge on any atom is -0.493 e. The summed E-state index contributed by atoms with van der Waals surface area (Å²) in [5, 5.41) is 34.1. The van der Waals surface area contributed by atoms with Crippen molar-refractivity contribution in [2.24, 2.45) is 16.8 Å². The molecule has 2 unspecified atom stereocenters. The van der Waals surface area contributed by atoms with E-state index in [4.69, 9.17) is 61.6 Å². The number of carbonyl (C=O) groups is 8. The standard InChI is InChI=1S/C77H109N9O23/c1-9-55-41-69(89)83(73(55)92)20-17-67(87)78-19-24-100-26-28-102-30-32-104-34-36-106-38-37-105-35-33-103-31-29-101-27-25-99-23-18-68(88)82-70(50(2)3)72(91)80-53(6)71(90)81-56-15-13-54(14-16-56)49-109-77(96)86-61-45-66(64(98-8)43-59(61)75(94)85-48-52(5)40-62(85)76(86)95)108-22-12-10-11-21-107-65-44-60-58(42-63(65)97-7)74(93)84-47-51(4)39-57(84)46-79-60/h13-16,42-48,50,53,55,57,62,70,74,76,93,95H,9-12,17-41,49H2,1-8H3,(H,78,87)(H,80,91)(H,81,90)(H,82,88)/t53-,55?,57-,62-,70-,74?,76-/m0/s1. The van der Waals surface area contributed by atoms with Crippen LogP contribution in [0.25, 0.3) is 0 Å². The molecule has 0 spiro atoms. The van der Waals surface area contributed by atoms with Gasteiger partial charge in [0.05, 0.1) is 162 Å². The van der Waals surface area contributed by atoms with E-state index in [1.807, 2.05) is 38.1 Å². The van der Waals surface area contributed by atoms with Crippen molar-refractivity contribution in [2.45, 2.75) is 143 Å². The van der Waals surface area contributed by atoms with Crippen molar-refractivity contribution in [1.29, 1.82) is 0 Å². The van der Waals surface area contributed by atoms with Crippen LogP contribution in [0.2, 0.25) is 0 Å². The molecule has 0 aliphatic carbocycles. The number of anilines is 2. The molecule has 5 heterocycles. The fraction of sp³-hybridized carbons (Fsp3) is 0.597. The first-order valence-electron chi connectivity index (χ1n) is 37.4. The molecule has 109 heavy (non-hydrogen) atoms. The van der Waals surface area contributed by atoms with E-state index < -0.39 is 60.3 Å². The zero-order valence-corrected chi connectivity index (χ0v) is 63.9. The van der Waals surface area contributed by atoms with Gasteiger partial charge in [-0.3, -0.25) is 43.5 Å². The van der Waals surface area contributed by atoms with Gasteiger partial charge in [-0.2, -0.15) is 0 Å². The summed E-state index contributed by atoms with van der Waals surface area (Å²) >= 11 is 0. The summed E-state index contributed by atoms with van der Waals surface area (Å²) in [5.74, 6) is -1.73. The van der Waals surface area contributed by atoms with Crippen molar-refractivity contribution in [3.8, 4) is 23.0 Å². The van der Waals surface area contributed by atoms with Crippen molar-refractivity contribution in [3.05, 3.63) is 88.8 Å². The predicted molar refractivity (Wildman–Crippen MR) is 398 cm³/mol. The van der Waals surface area contributed by atoms with Crippen LogP contribution >= 0.6 is 0 Å². The fourth-order valence-electron chi connectivity index (χ4n) is 12.5. The molecule has 3 aromatic rings. The molecule has 7 atom stereocenters.